The molecule has 0 radical (unpaired) electrons. The highest BCUT2D eigenvalue weighted by Gasteiger charge is 2.55. The van der Waals surface area contributed by atoms with Crippen LogP contribution in [0.5, 0.6) is 0 Å². The van der Waals surface area contributed by atoms with Gasteiger partial charge in [0.05, 0.1) is 0 Å². The van der Waals surface area contributed by atoms with E-state index in [9.17, 15) is 0 Å². The van der Waals surface area contributed by atoms with Gasteiger partial charge in [-0.3, -0.25) is 0 Å². The summed E-state index contributed by atoms with van der Waals surface area (Å²) in [7, 11) is 0. The molecule has 1 aliphatic heterocycles. The zero-order chi connectivity index (χ0) is 8.11. The minimum absolute atomic E-state index is 0.523. The smallest absolute Gasteiger partial charge is 0.0110 e. The predicted octanol–water partition coefficient (Wildman–Crippen LogP) is 1.87. The van der Waals surface area contributed by atoms with E-state index >= 15 is 0 Å². The van der Waals surface area contributed by atoms with Gasteiger partial charge < -0.3 is 5.73 Å². The third-order valence-electron chi connectivity index (χ3n) is 2.97. The number of rotatable bonds is 0. The number of hydrogen-bond acceptors (Lipinski definition) is 2. The summed E-state index contributed by atoms with van der Waals surface area (Å²) in [5.41, 5.74) is 7.04. The average molecular weight is 171 g/mol. The summed E-state index contributed by atoms with van der Waals surface area (Å²) in [5.74, 6) is 2.64. The Morgan fingerprint density at radius 3 is 2.36 bits per heavy atom. The van der Waals surface area contributed by atoms with Crippen LogP contribution in [0.15, 0.2) is 0 Å². The van der Waals surface area contributed by atoms with Crippen molar-refractivity contribution in [3.8, 4) is 0 Å². The topological polar surface area (TPSA) is 26.0 Å². The molecule has 2 N–H and O–H groups in total. The van der Waals surface area contributed by atoms with Gasteiger partial charge in [-0.25, -0.2) is 0 Å². The predicted molar refractivity (Wildman–Crippen MR) is 50.7 cm³/mol. The molecule has 0 aromatic rings. The van der Waals surface area contributed by atoms with Crippen molar-refractivity contribution in [3.05, 3.63) is 0 Å². The average Bonchev–Trinajstić information content (AvgIpc) is 2.38. The molecule has 64 valence electrons. The Kier molecular flexibility index (Phi) is 1.56. The standard InChI is InChI=1S/C9H17NS/c1-8(2)4-9(3-7(9)10)6-11-5-8/h7H,3-6,10H2,1-2H3. The maximum Gasteiger partial charge on any atom is 0.0110 e. The van der Waals surface area contributed by atoms with Gasteiger partial charge in [0, 0.05) is 11.8 Å². The maximum absolute atomic E-state index is 5.94. The molecule has 1 saturated heterocycles. The van der Waals surface area contributed by atoms with Crippen molar-refractivity contribution in [1.29, 1.82) is 0 Å². The van der Waals surface area contributed by atoms with Gasteiger partial charge in [-0.15, -0.1) is 0 Å². The van der Waals surface area contributed by atoms with Gasteiger partial charge in [0.15, 0.2) is 0 Å². The van der Waals surface area contributed by atoms with Crippen LogP contribution >= 0.6 is 11.8 Å². The maximum atomic E-state index is 5.94. The second-order valence-electron chi connectivity index (χ2n) is 5.01. The summed E-state index contributed by atoms with van der Waals surface area (Å²) in [6.45, 7) is 4.73. The fourth-order valence-electron chi connectivity index (χ4n) is 2.33. The fourth-order valence-corrected chi connectivity index (χ4v) is 3.93. The molecule has 2 unspecified atom stereocenters. The quantitative estimate of drug-likeness (QED) is 0.602. The van der Waals surface area contributed by atoms with E-state index < -0.39 is 0 Å². The Morgan fingerprint density at radius 1 is 1.36 bits per heavy atom. The van der Waals surface area contributed by atoms with E-state index in [0.717, 1.165) is 0 Å². The van der Waals surface area contributed by atoms with Crippen LogP contribution in [0, 0.1) is 10.8 Å². The number of hydrogen-bond donors (Lipinski definition) is 1. The van der Waals surface area contributed by atoms with Crippen molar-refractivity contribution in [2.24, 2.45) is 16.6 Å². The van der Waals surface area contributed by atoms with E-state index in [1.54, 1.807) is 0 Å². The highest BCUT2D eigenvalue weighted by atomic mass is 32.2. The van der Waals surface area contributed by atoms with Crippen LogP contribution in [0.25, 0.3) is 0 Å². The molecule has 2 rings (SSSR count). The van der Waals surface area contributed by atoms with Crippen LogP contribution in [0.3, 0.4) is 0 Å². The summed E-state index contributed by atoms with van der Waals surface area (Å²) in [4.78, 5) is 0. The summed E-state index contributed by atoms with van der Waals surface area (Å²) in [5, 5.41) is 0. The minimum atomic E-state index is 0.523. The first-order chi connectivity index (χ1) is 5.04. The van der Waals surface area contributed by atoms with E-state index in [-0.39, 0.29) is 0 Å². The van der Waals surface area contributed by atoms with Crippen molar-refractivity contribution in [2.75, 3.05) is 11.5 Å². The zero-order valence-electron chi connectivity index (χ0n) is 7.39. The first-order valence-corrected chi connectivity index (χ1v) is 5.53. The van der Waals surface area contributed by atoms with Crippen LogP contribution in [0.4, 0.5) is 0 Å². The van der Waals surface area contributed by atoms with Gasteiger partial charge in [0.25, 0.3) is 0 Å². The molecule has 0 aromatic heterocycles. The third kappa shape index (κ3) is 1.31. The molecule has 2 heteroatoms. The van der Waals surface area contributed by atoms with Crippen molar-refractivity contribution in [1.82, 2.24) is 0 Å². The first kappa shape index (κ1) is 7.93. The lowest BCUT2D eigenvalue weighted by Crippen LogP contribution is -2.31. The molecule has 0 bridgehead atoms. The Balaban J connectivity index is 2.06. The van der Waals surface area contributed by atoms with E-state index in [1.165, 1.54) is 24.3 Å². The zero-order valence-corrected chi connectivity index (χ0v) is 8.21. The molecule has 1 aliphatic carbocycles. The van der Waals surface area contributed by atoms with E-state index in [2.05, 4.69) is 25.6 Å². The molecule has 1 nitrogen and oxygen atoms in total. The van der Waals surface area contributed by atoms with E-state index in [4.69, 9.17) is 5.73 Å². The van der Waals surface area contributed by atoms with Crippen molar-refractivity contribution in [2.45, 2.75) is 32.7 Å². The van der Waals surface area contributed by atoms with Crippen molar-refractivity contribution < 1.29 is 0 Å². The molecule has 1 spiro atoms. The lowest BCUT2D eigenvalue weighted by molar-refractivity contribution is 0.285. The highest BCUT2D eigenvalue weighted by Crippen LogP contribution is 2.57. The Bertz CT molecular complexity index is 178. The number of nitrogens with two attached hydrogens (primary N) is 1. The van der Waals surface area contributed by atoms with E-state index in [0.29, 0.717) is 16.9 Å². The van der Waals surface area contributed by atoms with Crippen LogP contribution in [0.2, 0.25) is 0 Å². The molecule has 0 aromatic carbocycles. The molecule has 1 heterocycles. The van der Waals surface area contributed by atoms with Crippen LogP contribution in [0.1, 0.15) is 26.7 Å². The lowest BCUT2D eigenvalue weighted by atomic mass is 9.82. The summed E-state index contributed by atoms with van der Waals surface area (Å²) >= 11 is 2.10. The van der Waals surface area contributed by atoms with Gasteiger partial charge >= 0.3 is 0 Å². The third-order valence-corrected chi connectivity index (χ3v) is 4.73. The highest BCUT2D eigenvalue weighted by molar-refractivity contribution is 7.99. The Labute approximate surface area is 73.1 Å². The molecule has 11 heavy (non-hydrogen) atoms. The van der Waals surface area contributed by atoms with Gasteiger partial charge in [-0.05, 0) is 29.4 Å². The monoisotopic (exact) mass is 171 g/mol. The lowest BCUT2D eigenvalue weighted by Gasteiger charge is -2.35. The minimum Gasteiger partial charge on any atom is -0.327 e. The van der Waals surface area contributed by atoms with Gasteiger partial charge in [0.1, 0.15) is 0 Å². The van der Waals surface area contributed by atoms with Gasteiger partial charge in [-0.2, -0.15) is 11.8 Å². The second kappa shape index (κ2) is 2.17. The summed E-state index contributed by atoms with van der Waals surface area (Å²) in [6.07, 6.45) is 2.64. The second-order valence-corrected chi connectivity index (χ2v) is 5.99. The summed E-state index contributed by atoms with van der Waals surface area (Å²) < 4.78 is 0. The molecular weight excluding hydrogens is 154 g/mol. The Morgan fingerprint density at radius 2 is 2.00 bits per heavy atom. The number of thioether (sulfide) groups is 1. The fraction of sp³-hybridized carbons (Fsp3) is 1.00. The SMILES string of the molecule is CC1(C)CSCC2(CC2N)C1. The molecular formula is C9H17NS. The summed E-state index contributed by atoms with van der Waals surface area (Å²) in [6, 6.07) is 0.523. The van der Waals surface area contributed by atoms with Gasteiger partial charge in [-0.1, -0.05) is 13.8 Å². The normalized spacial score (nSPS) is 47.7. The van der Waals surface area contributed by atoms with Crippen LogP contribution < -0.4 is 5.73 Å². The molecule has 2 fully saturated rings. The molecule has 2 aliphatic rings. The van der Waals surface area contributed by atoms with Crippen LogP contribution in [-0.2, 0) is 0 Å². The Hall–Kier alpha value is 0.310. The van der Waals surface area contributed by atoms with E-state index in [1.807, 2.05) is 0 Å². The van der Waals surface area contributed by atoms with Crippen LogP contribution in [-0.4, -0.2) is 17.5 Å². The molecule has 2 atom stereocenters. The van der Waals surface area contributed by atoms with Crippen molar-refractivity contribution in [3.63, 3.8) is 0 Å². The largest absolute Gasteiger partial charge is 0.327 e. The molecule has 1 saturated carbocycles. The molecule has 0 amide bonds. The first-order valence-electron chi connectivity index (χ1n) is 4.38. The van der Waals surface area contributed by atoms with Gasteiger partial charge in [0.2, 0.25) is 0 Å². The van der Waals surface area contributed by atoms with Crippen molar-refractivity contribution >= 4 is 11.8 Å².